The third-order valence-corrected chi connectivity index (χ3v) is 6.46. The van der Waals surface area contributed by atoms with E-state index in [-0.39, 0.29) is 4.90 Å². The molecule has 1 aliphatic heterocycles. The number of nitrogens with one attached hydrogen (secondary N) is 1. The van der Waals surface area contributed by atoms with Crippen LogP contribution in [0.1, 0.15) is 18.5 Å². The van der Waals surface area contributed by atoms with Crippen molar-refractivity contribution >= 4 is 10.0 Å². The summed E-state index contributed by atoms with van der Waals surface area (Å²) < 4.78 is 37.2. The van der Waals surface area contributed by atoms with Gasteiger partial charge in [0, 0.05) is 30.8 Å². The highest BCUT2D eigenvalue weighted by Gasteiger charge is 2.19. The standard InChI is InChI=1S/C20H26N2O4S/c1-15(22-10-12-26-13-11-22)16-4-6-17(7-5-16)19-9-8-18(14-20(19)25-3)27(23,24)21-2/h4-9,14-15,21H,10-13H2,1-3H3. The first-order valence-corrected chi connectivity index (χ1v) is 10.5. The number of hydrogen-bond acceptors (Lipinski definition) is 5. The molecular formula is C20H26N2O4S. The lowest BCUT2D eigenvalue weighted by molar-refractivity contribution is 0.0198. The normalized spacial score (nSPS) is 16.9. The van der Waals surface area contributed by atoms with E-state index in [0.29, 0.717) is 11.8 Å². The average Bonchev–Trinajstić information content (AvgIpc) is 2.73. The summed E-state index contributed by atoms with van der Waals surface area (Å²) in [5.74, 6) is 0.528. The summed E-state index contributed by atoms with van der Waals surface area (Å²) in [6, 6.07) is 13.6. The van der Waals surface area contributed by atoms with Crippen LogP contribution in [-0.4, -0.2) is 53.8 Å². The Labute approximate surface area is 161 Å². The molecule has 0 bridgehead atoms. The number of sulfonamides is 1. The zero-order valence-electron chi connectivity index (χ0n) is 15.9. The molecule has 0 spiro atoms. The molecule has 27 heavy (non-hydrogen) atoms. The molecule has 7 heteroatoms. The van der Waals surface area contributed by atoms with Crippen molar-refractivity contribution in [3.63, 3.8) is 0 Å². The van der Waals surface area contributed by atoms with E-state index >= 15 is 0 Å². The maximum absolute atomic E-state index is 12.0. The van der Waals surface area contributed by atoms with Crippen LogP contribution in [0.25, 0.3) is 11.1 Å². The number of nitrogens with zero attached hydrogens (tertiary/aromatic N) is 1. The highest BCUT2D eigenvalue weighted by Crippen LogP contribution is 2.33. The highest BCUT2D eigenvalue weighted by atomic mass is 32.2. The summed E-state index contributed by atoms with van der Waals surface area (Å²) in [5.41, 5.74) is 3.09. The number of benzene rings is 2. The van der Waals surface area contributed by atoms with Gasteiger partial charge in [0.15, 0.2) is 0 Å². The number of rotatable bonds is 6. The SMILES string of the molecule is CNS(=O)(=O)c1ccc(-c2ccc(C(C)N3CCOCC3)cc2)c(OC)c1. The molecule has 3 rings (SSSR count). The van der Waals surface area contributed by atoms with Crippen molar-refractivity contribution in [2.75, 3.05) is 40.5 Å². The zero-order chi connectivity index (χ0) is 19.4. The molecule has 2 aromatic rings. The molecule has 6 nitrogen and oxygen atoms in total. The second-order valence-electron chi connectivity index (χ2n) is 6.52. The molecule has 1 heterocycles. The average molecular weight is 391 g/mol. The maximum atomic E-state index is 12.0. The van der Waals surface area contributed by atoms with Crippen LogP contribution < -0.4 is 9.46 Å². The molecule has 0 aromatic heterocycles. The fourth-order valence-corrected chi connectivity index (χ4v) is 4.06. The second kappa shape index (κ2) is 8.39. The molecular weight excluding hydrogens is 364 g/mol. The third-order valence-electron chi connectivity index (χ3n) is 5.05. The third kappa shape index (κ3) is 4.32. The Kier molecular flexibility index (Phi) is 6.16. The lowest BCUT2D eigenvalue weighted by Gasteiger charge is -2.32. The van der Waals surface area contributed by atoms with E-state index in [1.807, 2.05) is 0 Å². The topological polar surface area (TPSA) is 67.9 Å². The lowest BCUT2D eigenvalue weighted by Crippen LogP contribution is -2.37. The van der Waals surface area contributed by atoms with Crippen molar-refractivity contribution < 1.29 is 17.9 Å². The molecule has 0 saturated carbocycles. The molecule has 0 aliphatic carbocycles. The van der Waals surface area contributed by atoms with Gasteiger partial charge in [-0.1, -0.05) is 24.3 Å². The molecule has 0 radical (unpaired) electrons. The van der Waals surface area contributed by atoms with Gasteiger partial charge in [-0.25, -0.2) is 13.1 Å². The van der Waals surface area contributed by atoms with Crippen LogP contribution in [0.5, 0.6) is 5.75 Å². The second-order valence-corrected chi connectivity index (χ2v) is 8.40. The number of ether oxygens (including phenoxy) is 2. The van der Waals surface area contributed by atoms with Gasteiger partial charge in [-0.3, -0.25) is 4.90 Å². The fraction of sp³-hybridized carbons (Fsp3) is 0.400. The monoisotopic (exact) mass is 390 g/mol. The van der Waals surface area contributed by atoms with Crippen molar-refractivity contribution in [1.82, 2.24) is 9.62 Å². The van der Waals surface area contributed by atoms with Gasteiger partial charge in [0.05, 0.1) is 25.2 Å². The van der Waals surface area contributed by atoms with Crippen molar-refractivity contribution in [2.24, 2.45) is 0 Å². The van der Waals surface area contributed by atoms with Crippen LogP contribution in [-0.2, 0) is 14.8 Å². The lowest BCUT2D eigenvalue weighted by atomic mass is 10.00. The van der Waals surface area contributed by atoms with Gasteiger partial charge < -0.3 is 9.47 Å². The molecule has 1 unspecified atom stereocenters. The summed E-state index contributed by atoms with van der Waals surface area (Å²) in [6.07, 6.45) is 0. The number of morpholine rings is 1. The van der Waals surface area contributed by atoms with Crippen LogP contribution in [0, 0.1) is 0 Å². The predicted octanol–water partition coefficient (Wildman–Crippen LogP) is 2.66. The molecule has 1 N–H and O–H groups in total. The van der Waals surface area contributed by atoms with Gasteiger partial charge in [0.2, 0.25) is 10.0 Å². The fourth-order valence-electron chi connectivity index (χ4n) is 3.31. The Morgan fingerprint density at radius 2 is 1.78 bits per heavy atom. The molecule has 1 atom stereocenters. The van der Waals surface area contributed by atoms with Gasteiger partial charge in [0.1, 0.15) is 5.75 Å². The molecule has 1 aliphatic rings. The van der Waals surface area contributed by atoms with Crippen molar-refractivity contribution in [3.8, 4) is 16.9 Å². The Hall–Kier alpha value is -1.93. The minimum Gasteiger partial charge on any atom is -0.496 e. The van der Waals surface area contributed by atoms with E-state index in [1.165, 1.54) is 12.6 Å². The molecule has 1 fully saturated rings. The van der Waals surface area contributed by atoms with E-state index in [1.54, 1.807) is 25.3 Å². The number of methoxy groups -OCH3 is 1. The molecule has 1 saturated heterocycles. The first-order chi connectivity index (χ1) is 13.0. The highest BCUT2D eigenvalue weighted by molar-refractivity contribution is 7.89. The van der Waals surface area contributed by atoms with E-state index in [2.05, 4.69) is 40.8 Å². The zero-order valence-corrected chi connectivity index (χ0v) is 16.8. The van der Waals surface area contributed by atoms with Crippen LogP contribution in [0.3, 0.4) is 0 Å². The Morgan fingerprint density at radius 3 is 2.37 bits per heavy atom. The summed E-state index contributed by atoms with van der Waals surface area (Å²) in [5, 5.41) is 0. The largest absolute Gasteiger partial charge is 0.496 e. The van der Waals surface area contributed by atoms with Gasteiger partial charge in [-0.05, 0) is 37.2 Å². The maximum Gasteiger partial charge on any atom is 0.240 e. The van der Waals surface area contributed by atoms with E-state index in [0.717, 1.165) is 37.4 Å². The van der Waals surface area contributed by atoms with Crippen molar-refractivity contribution in [1.29, 1.82) is 0 Å². The summed E-state index contributed by atoms with van der Waals surface area (Å²) in [4.78, 5) is 2.60. The van der Waals surface area contributed by atoms with Gasteiger partial charge in [0.25, 0.3) is 0 Å². The van der Waals surface area contributed by atoms with Gasteiger partial charge >= 0.3 is 0 Å². The molecule has 2 aromatic carbocycles. The number of hydrogen-bond donors (Lipinski definition) is 1. The summed E-state index contributed by atoms with van der Waals surface area (Å²) >= 11 is 0. The minimum absolute atomic E-state index is 0.183. The van der Waals surface area contributed by atoms with Crippen LogP contribution in [0.2, 0.25) is 0 Å². The van der Waals surface area contributed by atoms with Crippen LogP contribution in [0.15, 0.2) is 47.4 Å². The molecule has 0 amide bonds. The van der Waals surface area contributed by atoms with Crippen molar-refractivity contribution in [2.45, 2.75) is 17.9 Å². The first kappa shape index (κ1) is 19.8. The van der Waals surface area contributed by atoms with Crippen LogP contribution >= 0.6 is 0 Å². The summed E-state index contributed by atoms with van der Waals surface area (Å²) in [6.45, 7) is 5.65. The quantitative estimate of drug-likeness (QED) is 0.821. The van der Waals surface area contributed by atoms with Crippen LogP contribution in [0.4, 0.5) is 0 Å². The van der Waals surface area contributed by atoms with Crippen molar-refractivity contribution in [3.05, 3.63) is 48.0 Å². The predicted molar refractivity (Wildman–Crippen MR) is 105 cm³/mol. The van der Waals surface area contributed by atoms with E-state index in [4.69, 9.17) is 9.47 Å². The minimum atomic E-state index is -3.51. The Bertz CT molecular complexity index is 875. The summed E-state index contributed by atoms with van der Waals surface area (Å²) in [7, 11) is -0.568. The van der Waals surface area contributed by atoms with Gasteiger partial charge in [-0.2, -0.15) is 0 Å². The van der Waals surface area contributed by atoms with Gasteiger partial charge in [-0.15, -0.1) is 0 Å². The first-order valence-electron chi connectivity index (χ1n) is 9.00. The molecule has 146 valence electrons. The van der Waals surface area contributed by atoms with E-state index < -0.39 is 10.0 Å². The Balaban J connectivity index is 1.86. The van der Waals surface area contributed by atoms with E-state index in [9.17, 15) is 8.42 Å². The smallest absolute Gasteiger partial charge is 0.240 e. The Morgan fingerprint density at radius 1 is 1.11 bits per heavy atom.